The number of aliphatic imine (C=N–C) groups is 1. The van der Waals surface area contributed by atoms with Crippen molar-refractivity contribution in [3.63, 3.8) is 0 Å². The van der Waals surface area contributed by atoms with Crippen LogP contribution >= 0.6 is 0 Å². The van der Waals surface area contributed by atoms with Gasteiger partial charge >= 0.3 is 0 Å². The Morgan fingerprint density at radius 3 is 2.24 bits per heavy atom. The summed E-state index contributed by atoms with van der Waals surface area (Å²) in [6, 6.07) is 7.98. The number of benzene rings is 1. The van der Waals surface area contributed by atoms with Gasteiger partial charge in [0.15, 0.2) is 5.96 Å². The van der Waals surface area contributed by atoms with E-state index in [1.165, 1.54) is 4.31 Å². The highest BCUT2D eigenvalue weighted by Crippen LogP contribution is 2.17. The van der Waals surface area contributed by atoms with Crippen molar-refractivity contribution in [3.8, 4) is 0 Å². The Hall–Kier alpha value is -1.64. The molecule has 0 aromatic heterocycles. The van der Waals surface area contributed by atoms with Crippen LogP contribution in [0.1, 0.15) is 46.1 Å². The van der Waals surface area contributed by atoms with Crippen LogP contribution in [0.4, 0.5) is 0 Å². The predicted octanol–water partition coefficient (Wildman–Crippen LogP) is 2.25. The molecule has 0 aliphatic carbocycles. The van der Waals surface area contributed by atoms with Gasteiger partial charge < -0.3 is 15.5 Å². The first kappa shape index (κ1) is 23.6. The van der Waals surface area contributed by atoms with Crippen molar-refractivity contribution in [3.05, 3.63) is 29.8 Å². The Balaban J connectivity index is 1.89. The molecule has 0 amide bonds. The molecule has 1 aliphatic heterocycles. The molecule has 0 atom stereocenters. The van der Waals surface area contributed by atoms with Gasteiger partial charge in [-0.05, 0) is 58.2 Å². The standard InChI is InChI=1S/C21H37N5O2S/c1-16(2)25(6)29(27,28)20-9-7-18(8-10-20)15-23-21(22-5)24-19-11-13-26(14-12-19)17(3)4/h7-10,16-17,19H,11-15H2,1-6H3,(H2,22,23,24). The Morgan fingerprint density at radius 1 is 1.17 bits per heavy atom. The largest absolute Gasteiger partial charge is 0.354 e. The molecule has 2 rings (SSSR count). The lowest BCUT2D eigenvalue weighted by Gasteiger charge is -2.35. The van der Waals surface area contributed by atoms with Crippen molar-refractivity contribution in [2.45, 2.75) is 70.1 Å². The Bertz CT molecular complexity index is 767. The van der Waals surface area contributed by atoms with E-state index in [-0.39, 0.29) is 6.04 Å². The quantitative estimate of drug-likeness (QED) is 0.520. The van der Waals surface area contributed by atoms with Crippen LogP contribution in [-0.2, 0) is 16.6 Å². The van der Waals surface area contributed by atoms with E-state index in [9.17, 15) is 8.42 Å². The van der Waals surface area contributed by atoms with E-state index in [0.29, 0.717) is 23.5 Å². The third-order valence-electron chi connectivity index (χ3n) is 5.61. The molecule has 1 aromatic carbocycles. The average Bonchev–Trinajstić information content (AvgIpc) is 2.71. The van der Waals surface area contributed by atoms with E-state index in [2.05, 4.69) is 34.4 Å². The van der Waals surface area contributed by atoms with E-state index in [1.807, 2.05) is 26.0 Å². The summed E-state index contributed by atoms with van der Waals surface area (Å²) in [5.41, 5.74) is 1.01. The summed E-state index contributed by atoms with van der Waals surface area (Å²) in [7, 11) is -0.0663. The molecule has 0 saturated carbocycles. The number of guanidine groups is 1. The van der Waals surface area contributed by atoms with Crippen molar-refractivity contribution < 1.29 is 8.42 Å². The van der Waals surface area contributed by atoms with E-state index in [0.717, 1.165) is 37.5 Å². The van der Waals surface area contributed by atoms with Gasteiger partial charge in [0.05, 0.1) is 4.90 Å². The molecule has 0 bridgehead atoms. The summed E-state index contributed by atoms with van der Waals surface area (Å²) in [6.45, 7) is 11.0. The monoisotopic (exact) mass is 423 g/mol. The molecule has 0 radical (unpaired) electrons. The lowest BCUT2D eigenvalue weighted by molar-refractivity contribution is 0.167. The Kier molecular flexibility index (Phi) is 8.48. The third kappa shape index (κ3) is 6.42. The first-order chi connectivity index (χ1) is 13.6. The van der Waals surface area contributed by atoms with Gasteiger partial charge in [-0.25, -0.2) is 8.42 Å². The summed E-state index contributed by atoms with van der Waals surface area (Å²) in [4.78, 5) is 7.15. The highest BCUT2D eigenvalue weighted by Gasteiger charge is 2.23. The van der Waals surface area contributed by atoms with Crippen LogP contribution in [0, 0.1) is 0 Å². The molecule has 1 aromatic rings. The Labute approximate surface area is 176 Å². The van der Waals surface area contributed by atoms with Crippen molar-refractivity contribution in [2.75, 3.05) is 27.2 Å². The van der Waals surface area contributed by atoms with E-state index < -0.39 is 10.0 Å². The molecule has 1 saturated heterocycles. The van der Waals surface area contributed by atoms with Gasteiger partial charge in [-0.1, -0.05) is 12.1 Å². The highest BCUT2D eigenvalue weighted by atomic mass is 32.2. The Morgan fingerprint density at radius 2 is 1.76 bits per heavy atom. The second-order valence-corrected chi connectivity index (χ2v) is 10.2. The number of hydrogen-bond donors (Lipinski definition) is 2. The van der Waals surface area contributed by atoms with Crippen molar-refractivity contribution in [1.29, 1.82) is 0 Å². The van der Waals surface area contributed by atoms with Gasteiger partial charge in [0, 0.05) is 51.9 Å². The maximum absolute atomic E-state index is 12.6. The molecule has 1 fully saturated rings. The van der Waals surface area contributed by atoms with Gasteiger partial charge in [-0.15, -0.1) is 0 Å². The smallest absolute Gasteiger partial charge is 0.243 e. The summed E-state index contributed by atoms with van der Waals surface area (Å²) in [5, 5.41) is 6.84. The van der Waals surface area contributed by atoms with Crippen molar-refractivity contribution in [2.24, 2.45) is 4.99 Å². The van der Waals surface area contributed by atoms with Crippen molar-refractivity contribution in [1.82, 2.24) is 19.8 Å². The van der Waals surface area contributed by atoms with Crippen LogP contribution in [0.3, 0.4) is 0 Å². The summed E-state index contributed by atoms with van der Waals surface area (Å²) in [6.07, 6.45) is 2.21. The number of nitrogens with one attached hydrogen (secondary N) is 2. The number of piperidine rings is 1. The molecule has 0 unspecified atom stereocenters. The second kappa shape index (κ2) is 10.4. The maximum Gasteiger partial charge on any atom is 0.243 e. The predicted molar refractivity (Wildman–Crippen MR) is 120 cm³/mol. The van der Waals surface area contributed by atoms with Crippen LogP contribution in [0.15, 0.2) is 34.2 Å². The molecule has 0 spiro atoms. The lowest BCUT2D eigenvalue weighted by atomic mass is 10.0. The first-order valence-electron chi connectivity index (χ1n) is 10.4. The van der Waals surface area contributed by atoms with Gasteiger partial charge in [0.25, 0.3) is 0 Å². The SMILES string of the molecule is CN=C(NCc1ccc(S(=O)(=O)N(C)C(C)C)cc1)NC1CCN(C(C)C)CC1. The minimum atomic E-state index is -3.45. The zero-order chi connectivity index (χ0) is 21.6. The number of sulfonamides is 1. The summed E-state index contributed by atoms with van der Waals surface area (Å²) < 4.78 is 26.5. The fraction of sp³-hybridized carbons (Fsp3) is 0.667. The number of likely N-dealkylation sites (tertiary alicyclic amines) is 1. The van der Waals surface area contributed by atoms with Crippen LogP contribution in [0.25, 0.3) is 0 Å². The van der Waals surface area contributed by atoms with Gasteiger partial charge in [-0.2, -0.15) is 4.31 Å². The molecular formula is C21H37N5O2S. The van der Waals surface area contributed by atoms with Crippen LogP contribution in [0.2, 0.25) is 0 Å². The van der Waals surface area contributed by atoms with Crippen LogP contribution in [0.5, 0.6) is 0 Å². The summed E-state index contributed by atoms with van der Waals surface area (Å²) >= 11 is 0. The molecule has 1 aliphatic rings. The van der Waals surface area contributed by atoms with E-state index in [4.69, 9.17) is 0 Å². The second-order valence-electron chi connectivity index (χ2n) is 8.23. The molecule has 8 heteroatoms. The van der Waals surface area contributed by atoms with Crippen LogP contribution < -0.4 is 10.6 Å². The molecule has 2 N–H and O–H groups in total. The number of nitrogens with zero attached hydrogens (tertiary/aromatic N) is 3. The maximum atomic E-state index is 12.6. The summed E-state index contributed by atoms with van der Waals surface area (Å²) in [5.74, 6) is 0.782. The van der Waals surface area contributed by atoms with E-state index >= 15 is 0 Å². The third-order valence-corrected chi connectivity index (χ3v) is 7.66. The molecule has 164 valence electrons. The van der Waals surface area contributed by atoms with Gasteiger partial charge in [0.2, 0.25) is 10.0 Å². The van der Waals surface area contributed by atoms with Gasteiger partial charge in [-0.3, -0.25) is 4.99 Å². The normalized spacial score (nSPS) is 17.3. The molecule has 7 nitrogen and oxygen atoms in total. The molecule has 1 heterocycles. The number of rotatable bonds is 7. The first-order valence-corrected chi connectivity index (χ1v) is 11.9. The average molecular weight is 424 g/mol. The van der Waals surface area contributed by atoms with E-state index in [1.54, 1.807) is 26.2 Å². The number of hydrogen-bond acceptors (Lipinski definition) is 4. The fourth-order valence-corrected chi connectivity index (χ4v) is 4.72. The lowest BCUT2D eigenvalue weighted by Crippen LogP contribution is -2.49. The molecular weight excluding hydrogens is 386 g/mol. The zero-order valence-corrected chi connectivity index (χ0v) is 19.5. The zero-order valence-electron chi connectivity index (χ0n) is 18.6. The molecule has 29 heavy (non-hydrogen) atoms. The minimum absolute atomic E-state index is 0.0804. The topological polar surface area (TPSA) is 77.0 Å². The fourth-order valence-electron chi connectivity index (χ4n) is 3.36. The van der Waals surface area contributed by atoms with Crippen molar-refractivity contribution >= 4 is 16.0 Å². The minimum Gasteiger partial charge on any atom is -0.354 e. The van der Waals surface area contributed by atoms with Crippen LogP contribution in [-0.4, -0.2) is 68.9 Å². The highest BCUT2D eigenvalue weighted by molar-refractivity contribution is 7.89. The van der Waals surface area contributed by atoms with Gasteiger partial charge in [0.1, 0.15) is 0 Å².